The Morgan fingerprint density at radius 3 is 2.35 bits per heavy atom. The van der Waals surface area contributed by atoms with Crippen LogP contribution in [0.2, 0.25) is 0 Å². The standard InChI is InChI=1S/C14H11FN2O3/c15-9-3-1-8(2-4-9)13(18)17-12-6-5-10(16)7-11(12)14(19)20/h1-7H,16H2,(H,17,18)(H,19,20). The minimum atomic E-state index is -1.20. The minimum absolute atomic E-state index is 0.111. The molecule has 0 heterocycles. The molecule has 6 heteroatoms. The number of aromatic carboxylic acids is 1. The van der Waals surface area contributed by atoms with Gasteiger partial charge >= 0.3 is 5.97 Å². The molecule has 0 aromatic heterocycles. The van der Waals surface area contributed by atoms with E-state index in [1.165, 1.54) is 30.3 Å². The zero-order valence-corrected chi connectivity index (χ0v) is 10.3. The van der Waals surface area contributed by atoms with Gasteiger partial charge in [-0.15, -0.1) is 0 Å². The number of carbonyl (C=O) groups excluding carboxylic acids is 1. The molecule has 0 aliphatic rings. The molecule has 2 rings (SSSR count). The zero-order valence-electron chi connectivity index (χ0n) is 10.3. The van der Waals surface area contributed by atoms with Crippen molar-refractivity contribution >= 4 is 23.3 Å². The van der Waals surface area contributed by atoms with Gasteiger partial charge in [0.2, 0.25) is 0 Å². The summed E-state index contributed by atoms with van der Waals surface area (Å²) in [7, 11) is 0. The number of hydrogen-bond acceptors (Lipinski definition) is 3. The van der Waals surface area contributed by atoms with Crippen LogP contribution in [0.4, 0.5) is 15.8 Å². The van der Waals surface area contributed by atoms with Crippen LogP contribution in [-0.4, -0.2) is 17.0 Å². The minimum Gasteiger partial charge on any atom is -0.478 e. The summed E-state index contributed by atoms with van der Waals surface area (Å²) < 4.78 is 12.8. The van der Waals surface area contributed by atoms with Crippen LogP contribution in [0.25, 0.3) is 0 Å². The zero-order chi connectivity index (χ0) is 14.7. The van der Waals surface area contributed by atoms with E-state index in [1.54, 1.807) is 0 Å². The third-order valence-electron chi connectivity index (χ3n) is 2.63. The SMILES string of the molecule is Nc1ccc(NC(=O)c2ccc(F)cc2)c(C(=O)O)c1. The van der Waals surface area contributed by atoms with Crippen molar-refractivity contribution in [1.82, 2.24) is 0 Å². The fourth-order valence-electron chi connectivity index (χ4n) is 1.64. The van der Waals surface area contributed by atoms with Gasteiger partial charge in [0.1, 0.15) is 5.82 Å². The van der Waals surface area contributed by atoms with Crippen molar-refractivity contribution in [3.8, 4) is 0 Å². The Morgan fingerprint density at radius 1 is 1.10 bits per heavy atom. The topological polar surface area (TPSA) is 92.4 Å². The summed E-state index contributed by atoms with van der Waals surface area (Å²) in [4.78, 5) is 23.0. The molecule has 0 bridgehead atoms. The number of carbonyl (C=O) groups is 2. The van der Waals surface area contributed by atoms with E-state index in [-0.39, 0.29) is 22.5 Å². The first-order valence-electron chi connectivity index (χ1n) is 5.67. The van der Waals surface area contributed by atoms with Gasteiger partial charge in [0.15, 0.2) is 0 Å². The third kappa shape index (κ3) is 2.92. The molecule has 0 fully saturated rings. The van der Waals surface area contributed by atoms with Crippen molar-refractivity contribution in [3.63, 3.8) is 0 Å². The Bertz CT molecular complexity index is 669. The average Bonchev–Trinajstić information content (AvgIpc) is 2.41. The van der Waals surface area contributed by atoms with Crippen molar-refractivity contribution < 1.29 is 19.1 Å². The number of carboxylic acid groups (broad SMARTS) is 1. The van der Waals surface area contributed by atoms with Crippen molar-refractivity contribution in [1.29, 1.82) is 0 Å². The van der Waals surface area contributed by atoms with Gasteiger partial charge in [-0.3, -0.25) is 4.79 Å². The molecular weight excluding hydrogens is 263 g/mol. The molecule has 1 amide bonds. The molecule has 102 valence electrons. The number of hydrogen-bond donors (Lipinski definition) is 3. The summed E-state index contributed by atoms with van der Waals surface area (Å²) in [5.74, 6) is -2.19. The molecule has 0 unspecified atom stereocenters. The van der Waals surface area contributed by atoms with Crippen LogP contribution < -0.4 is 11.1 Å². The molecule has 0 atom stereocenters. The van der Waals surface area contributed by atoms with Gasteiger partial charge in [-0.25, -0.2) is 9.18 Å². The summed E-state index contributed by atoms with van der Waals surface area (Å²) in [6, 6.07) is 9.05. The number of benzene rings is 2. The van der Waals surface area contributed by atoms with E-state index in [4.69, 9.17) is 10.8 Å². The predicted molar refractivity (Wildman–Crippen MR) is 72.2 cm³/mol. The Hall–Kier alpha value is -2.89. The maximum atomic E-state index is 12.8. The van der Waals surface area contributed by atoms with Gasteiger partial charge in [0.05, 0.1) is 11.3 Å². The monoisotopic (exact) mass is 274 g/mol. The van der Waals surface area contributed by atoms with E-state index < -0.39 is 17.7 Å². The van der Waals surface area contributed by atoms with Gasteiger partial charge < -0.3 is 16.2 Å². The Morgan fingerprint density at radius 2 is 1.75 bits per heavy atom. The number of amides is 1. The number of anilines is 2. The molecule has 5 nitrogen and oxygen atoms in total. The van der Waals surface area contributed by atoms with Gasteiger partial charge in [0.25, 0.3) is 5.91 Å². The maximum Gasteiger partial charge on any atom is 0.337 e. The Kier molecular flexibility index (Phi) is 3.65. The second kappa shape index (κ2) is 5.40. The molecule has 4 N–H and O–H groups in total. The van der Waals surface area contributed by atoms with Gasteiger partial charge in [-0.1, -0.05) is 0 Å². The van der Waals surface area contributed by atoms with Crippen molar-refractivity contribution in [2.75, 3.05) is 11.1 Å². The number of nitrogens with one attached hydrogen (secondary N) is 1. The number of carboxylic acids is 1. The highest BCUT2D eigenvalue weighted by atomic mass is 19.1. The van der Waals surface area contributed by atoms with Gasteiger partial charge in [-0.2, -0.15) is 0 Å². The quantitative estimate of drug-likeness (QED) is 0.749. The van der Waals surface area contributed by atoms with Crippen molar-refractivity contribution in [3.05, 3.63) is 59.4 Å². The summed E-state index contributed by atoms with van der Waals surface area (Å²) in [5.41, 5.74) is 6.02. The summed E-state index contributed by atoms with van der Waals surface area (Å²) in [5, 5.41) is 11.5. The van der Waals surface area contributed by atoms with E-state index in [0.29, 0.717) is 0 Å². The highest BCUT2D eigenvalue weighted by Crippen LogP contribution is 2.20. The number of nitrogen functional groups attached to an aromatic ring is 1. The summed E-state index contributed by atoms with van der Waals surface area (Å²) in [6.45, 7) is 0. The largest absolute Gasteiger partial charge is 0.478 e. The number of halogens is 1. The van der Waals surface area contributed by atoms with Crippen molar-refractivity contribution in [2.45, 2.75) is 0 Å². The first-order valence-corrected chi connectivity index (χ1v) is 5.67. The normalized spacial score (nSPS) is 10.1. The van der Waals surface area contributed by atoms with E-state index in [2.05, 4.69) is 5.32 Å². The van der Waals surface area contributed by atoms with Crippen LogP contribution in [-0.2, 0) is 0 Å². The fraction of sp³-hybridized carbons (Fsp3) is 0. The first kappa shape index (κ1) is 13.5. The van der Waals surface area contributed by atoms with Gasteiger partial charge in [0, 0.05) is 11.3 Å². The van der Waals surface area contributed by atoms with Crippen molar-refractivity contribution in [2.24, 2.45) is 0 Å². The fourth-order valence-corrected chi connectivity index (χ4v) is 1.64. The smallest absolute Gasteiger partial charge is 0.337 e. The van der Waals surface area contributed by atoms with Crippen LogP contribution in [0.1, 0.15) is 20.7 Å². The van der Waals surface area contributed by atoms with E-state index in [0.717, 1.165) is 12.1 Å². The van der Waals surface area contributed by atoms with E-state index in [1.807, 2.05) is 0 Å². The second-order valence-electron chi connectivity index (χ2n) is 4.07. The van der Waals surface area contributed by atoms with Crippen LogP contribution in [0.5, 0.6) is 0 Å². The molecule has 2 aromatic carbocycles. The molecular formula is C14H11FN2O3. The average molecular weight is 274 g/mol. The Labute approximate surface area is 113 Å². The molecule has 0 saturated heterocycles. The highest BCUT2D eigenvalue weighted by Gasteiger charge is 2.14. The first-order chi connectivity index (χ1) is 9.47. The Balaban J connectivity index is 2.28. The third-order valence-corrected chi connectivity index (χ3v) is 2.63. The molecule has 0 saturated carbocycles. The lowest BCUT2D eigenvalue weighted by molar-refractivity contribution is 0.0698. The lowest BCUT2D eigenvalue weighted by Gasteiger charge is -2.09. The van der Waals surface area contributed by atoms with Crippen LogP contribution in [0, 0.1) is 5.82 Å². The number of nitrogens with two attached hydrogens (primary N) is 1. The molecule has 2 aromatic rings. The predicted octanol–water partition coefficient (Wildman–Crippen LogP) is 2.36. The van der Waals surface area contributed by atoms with E-state index >= 15 is 0 Å². The molecule has 0 aliphatic heterocycles. The lowest BCUT2D eigenvalue weighted by Crippen LogP contribution is -2.15. The maximum absolute atomic E-state index is 12.8. The molecule has 0 spiro atoms. The van der Waals surface area contributed by atoms with Gasteiger partial charge in [-0.05, 0) is 42.5 Å². The van der Waals surface area contributed by atoms with Crippen LogP contribution in [0.15, 0.2) is 42.5 Å². The van der Waals surface area contributed by atoms with E-state index in [9.17, 15) is 14.0 Å². The molecule has 0 aliphatic carbocycles. The summed E-state index contributed by atoms with van der Waals surface area (Å²) >= 11 is 0. The number of rotatable bonds is 3. The van der Waals surface area contributed by atoms with Crippen LogP contribution in [0.3, 0.4) is 0 Å². The molecule has 0 radical (unpaired) electrons. The highest BCUT2D eigenvalue weighted by molar-refractivity contribution is 6.08. The molecule has 20 heavy (non-hydrogen) atoms. The van der Waals surface area contributed by atoms with Crippen LogP contribution >= 0.6 is 0 Å². The lowest BCUT2D eigenvalue weighted by atomic mass is 10.1. The summed E-state index contributed by atoms with van der Waals surface area (Å²) in [6.07, 6.45) is 0. The second-order valence-corrected chi connectivity index (χ2v) is 4.07.